The summed E-state index contributed by atoms with van der Waals surface area (Å²) >= 11 is 0. The number of rotatable bonds is 16. The van der Waals surface area contributed by atoms with E-state index in [4.69, 9.17) is 21.1 Å². The summed E-state index contributed by atoms with van der Waals surface area (Å²) in [5, 5.41) is 47.2. The largest absolute Gasteiger partial charge is 0.359 e. The zero-order valence-electron chi connectivity index (χ0n) is 16.2. The molecule has 7 N–H and O–H groups in total. The first-order valence-corrected chi connectivity index (χ1v) is 9.94. The number of hydrogen-bond acceptors (Lipinski definition) is 6. The molecule has 0 saturated carbocycles. The van der Waals surface area contributed by atoms with Gasteiger partial charge in [-0.25, -0.2) is 0 Å². The lowest BCUT2D eigenvalue weighted by Gasteiger charge is -2.44. The molecule has 0 aromatic heterocycles. The van der Waals surface area contributed by atoms with Crippen molar-refractivity contribution in [3.63, 3.8) is 0 Å². The SMILES string of the molecule is CCCCCCCCCCCCCCC(C)(CN)C(O)(O)C(O)(O)O. The average Bonchev–Trinajstić information content (AvgIpc) is 2.54. The molecule has 0 spiro atoms. The second-order valence-electron chi connectivity index (χ2n) is 7.71. The van der Waals surface area contributed by atoms with Gasteiger partial charge < -0.3 is 31.3 Å². The minimum absolute atomic E-state index is 0.179. The van der Waals surface area contributed by atoms with E-state index < -0.39 is 17.2 Å². The molecule has 0 radical (unpaired) electrons. The van der Waals surface area contributed by atoms with Gasteiger partial charge in [0.2, 0.25) is 0 Å². The first-order chi connectivity index (χ1) is 11.6. The molecule has 0 aliphatic heterocycles. The van der Waals surface area contributed by atoms with Gasteiger partial charge in [0.25, 0.3) is 5.79 Å². The van der Waals surface area contributed by atoms with Crippen LogP contribution in [0.15, 0.2) is 0 Å². The first-order valence-electron chi connectivity index (χ1n) is 9.94. The lowest BCUT2D eigenvalue weighted by Crippen LogP contribution is -2.65. The molecule has 152 valence electrons. The molecule has 25 heavy (non-hydrogen) atoms. The van der Waals surface area contributed by atoms with Gasteiger partial charge in [0.05, 0.1) is 0 Å². The van der Waals surface area contributed by atoms with Crippen molar-refractivity contribution in [2.24, 2.45) is 11.1 Å². The lowest BCUT2D eigenvalue weighted by atomic mass is 9.75. The average molecular weight is 364 g/mol. The first kappa shape index (κ1) is 24.8. The number of unbranched alkanes of at least 4 members (excludes halogenated alkanes) is 11. The Bertz CT molecular complexity index is 330. The van der Waals surface area contributed by atoms with Crippen molar-refractivity contribution < 1.29 is 25.5 Å². The van der Waals surface area contributed by atoms with Gasteiger partial charge in [-0.2, -0.15) is 0 Å². The van der Waals surface area contributed by atoms with Crippen LogP contribution in [-0.4, -0.2) is 43.8 Å². The van der Waals surface area contributed by atoms with Crippen LogP contribution in [0.3, 0.4) is 0 Å². The van der Waals surface area contributed by atoms with Crippen molar-refractivity contribution in [3.8, 4) is 0 Å². The normalized spacial score (nSPS) is 15.4. The summed E-state index contributed by atoms with van der Waals surface area (Å²) < 4.78 is 0. The van der Waals surface area contributed by atoms with Crippen LogP contribution in [0.25, 0.3) is 0 Å². The second kappa shape index (κ2) is 12.2. The highest BCUT2D eigenvalue weighted by Crippen LogP contribution is 2.39. The van der Waals surface area contributed by atoms with E-state index in [1.807, 2.05) is 0 Å². The van der Waals surface area contributed by atoms with Crippen LogP contribution in [0.2, 0.25) is 0 Å². The Morgan fingerprint density at radius 1 is 0.640 bits per heavy atom. The molecule has 1 unspecified atom stereocenters. The van der Waals surface area contributed by atoms with E-state index in [9.17, 15) is 10.2 Å². The molecule has 0 aromatic rings. The van der Waals surface area contributed by atoms with E-state index in [2.05, 4.69) is 6.92 Å². The van der Waals surface area contributed by atoms with Crippen LogP contribution < -0.4 is 5.73 Å². The van der Waals surface area contributed by atoms with Crippen molar-refractivity contribution >= 4 is 0 Å². The van der Waals surface area contributed by atoms with E-state index in [0.29, 0.717) is 6.42 Å². The third-order valence-corrected chi connectivity index (χ3v) is 5.34. The van der Waals surface area contributed by atoms with Crippen molar-refractivity contribution in [2.45, 2.75) is 109 Å². The Kier molecular flexibility index (Phi) is 12.1. The van der Waals surface area contributed by atoms with Crippen LogP contribution in [0.4, 0.5) is 0 Å². The van der Waals surface area contributed by atoms with E-state index in [-0.39, 0.29) is 13.0 Å². The van der Waals surface area contributed by atoms with Gasteiger partial charge in [0.1, 0.15) is 0 Å². The third-order valence-electron chi connectivity index (χ3n) is 5.34. The topological polar surface area (TPSA) is 127 Å². The van der Waals surface area contributed by atoms with Crippen molar-refractivity contribution in [1.29, 1.82) is 0 Å². The molecular formula is C19H41NO5. The molecule has 6 nitrogen and oxygen atoms in total. The Morgan fingerprint density at radius 2 is 1.00 bits per heavy atom. The van der Waals surface area contributed by atoms with Gasteiger partial charge in [-0.15, -0.1) is 0 Å². The van der Waals surface area contributed by atoms with Crippen LogP contribution in [-0.2, 0) is 0 Å². The molecule has 6 heteroatoms. The van der Waals surface area contributed by atoms with Gasteiger partial charge in [0, 0.05) is 12.0 Å². The fourth-order valence-electron chi connectivity index (χ4n) is 3.18. The number of hydrogen-bond donors (Lipinski definition) is 6. The molecule has 0 aliphatic carbocycles. The maximum atomic E-state index is 9.87. The second-order valence-corrected chi connectivity index (χ2v) is 7.71. The monoisotopic (exact) mass is 363 g/mol. The van der Waals surface area contributed by atoms with E-state index in [1.165, 1.54) is 58.3 Å². The fourth-order valence-corrected chi connectivity index (χ4v) is 3.18. The summed E-state index contributed by atoms with van der Waals surface area (Å²) in [5.41, 5.74) is 4.18. The van der Waals surface area contributed by atoms with Gasteiger partial charge in [0.15, 0.2) is 0 Å². The zero-order chi connectivity index (χ0) is 19.4. The molecule has 1 atom stereocenters. The van der Waals surface area contributed by atoms with Gasteiger partial charge >= 0.3 is 5.97 Å². The zero-order valence-corrected chi connectivity index (χ0v) is 16.2. The quantitative estimate of drug-likeness (QED) is 0.185. The van der Waals surface area contributed by atoms with Gasteiger partial charge in [-0.1, -0.05) is 90.9 Å². The summed E-state index contributed by atoms with van der Waals surface area (Å²) in [6.07, 6.45) is 14.5. The summed E-state index contributed by atoms with van der Waals surface area (Å²) in [6, 6.07) is 0. The van der Waals surface area contributed by atoms with Gasteiger partial charge in [-0.3, -0.25) is 0 Å². The van der Waals surface area contributed by atoms with Crippen LogP contribution in [0, 0.1) is 5.41 Å². The predicted molar refractivity (Wildman–Crippen MR) is 99.4 cm³/mol. The highest BCUT2D eigenvalue weighted by molar-refractivity contribution is 4.93. The summed E-state index contributed by atoms with van der Waals surface area (Å²) in [4.78, 5) is 0. The summed E-state index contributed by atoms with van der Waals surface area (Å²) in [6.45, 7) is 3.48. The third kappa shape index (κ3) is 8.80. The minimum atomic E-state index is -3.60. The molecule has 0 heterocycles. The maximum Gasteiger partial charge on any atom is 0.333 e. The molecule has 0 amide bonds. The molecule has 0 aliphatic rings. The van der Waals surface area contributed by atoms with E-state index >= 15 is 0 Å². The smallest absolute Gasteiger partial charge is 0.333 e. The van der Waals surface area contributed by atoms with E-state index in [0.717, 1.165) is 19.3 Å². The van der Waals surface area contributed by atoms with Crippen molar-refractivity contribution in [3.05, 3.63) is 0 Å². The Morgan fingerprint density at radius 3 is 1.32 bits per heavy atom. The van der Waals surface area contributed by atoms with Crippen LogP contribution >= 0.6 is 0 Å². The number of aliphatic hydroxyl groups is 5. The molecular weight excluding hydrogens is 322 g/mol. The highest BCUT2D eigenvalue weighted by Gasteiger charge is 2.58. The Labute approximate surface area is 153 Å². The Balaban J connectivity index is 3.82. The molecule has 0 saturated heterocycles. The molecule has 0 rings (SSSR count). The number of nitrogens with two attached hydrogens (primary N) is 1. The maximum absolute atomic E-state index is 9.87. The van der Waals surface area contributed by atoms with Crippen LogP contribution in [0.1, 0.15) is 97.3 Å². The lowest BCUT2D eigenvalue weighted by molar-refractivity contribution is -0.473. The molecule has 0 bridgehead atoms. The van der Waals surface area contributed by atoms with Gasteiger partial charge in [-0.05, 0) is 6.42 Å². The van der Waals surface area contributed by atoms with Crippen LogP contribution in [0.5, 0.6) is 0 Å². The molecule has 0 fully saturated rings. The minimum Gasteiger partial charge on any atom is -0.359 e. The molecule has 0 aromatic carbocycles. The standard InChI is InChI=1S/C19H41NO5/c1-3-4-5-6-7-8-9-10-11-12-13-14-15-17(2,16-20)18(21,22)19(23,24)25/h21-25H,3-16,20H2,1-2H3. The highest BCUT2D eigenvalue weighted by atomic mass is 16.7. The summed E-state index contributed by atoms with van der Waals surface area (Å²) in [7, 11) is 0. The predicted octanol–water partition coefficient (Wildman–Crippen LogP) is 2.35. The summed E-state index contributed by atoms with van der Waals surface area (Å²) in [5.74, 6) is -6.68. The Hall–Kier alpha value is -0.240. The fraction of sp³-hybridized carbons (Fsp3) is 1.00. The van der Waals surface area contributed by atoms with E-state index in [1.54, 1.807) is 0 Å². The van der Waals surface area contributed by atoms with Crippen molar-refractivity contribution in [2.75, 3.05) is 6.54 Å². The van der Waals surface area contributed by atoms with Crippen molar-refractivity contribution in [1.82, 2.24) is 0 Å².